The topological polar surface area (TPSA) is 55.1 Å². The Morgan fingerprint density at radius 1 is 1.53 bits per heavy atom. The highest BCUT2D eigenvalue weighted by Gasteiger charge is 2.07. The van der Waals surface area contributed by atoms with Crippen LogP contribution in [0.4, 0.5) is 5.69 Å². The number of carbonyl (C=O) groups excluding carboxylic acids is 1. The molecule has 0 unspecified atom stereocenters. The zero-order valence-electron chi connectivity index (χ0n) is 8.58. The van der Waals surface area contributed by atoms with Crippen LogP contribution in [-0.2, 0) is 4.79 Å². The van der Waals surface area contributed by atoms with E-state index in [9.17, 15) is 4.79 Å². The molecule has 0 aliphatic rings. The average Bonchev–Trinajstić information content (AvgIpc) is 2.11. The zero-order valence-corrected chi connectivity index (χ0v) is 10.2. The summed E-state index contributed by atoms with van der Waals surface area (Å²) in [5.74, 6) is -0.218. The predicted molar refractivity (Wildman–Crippen MR) is 65.7 cm³/mol. The molecule has 0 spiro atoms. The molecule has 3 nitrogen and oxygen atoms in total. The molecule has 15 heavy (non-hydrogen) atoms. The smallest absolute Gasteiger partial charge is 0.240 e. The van der Waals surface area contributed by atoms with Crippen LogP contribution < -0.4 is 11.1 Å². The van der Waals surface area contributed by atoms with E-state index in [-0.39, 0.29) is 18.3 Å². The second-order valence-electron chi connectivity index (χ2n) is 3.24. The first kappa shape index (κ1) is 14.2. The van der Waals surface area contributed by atoms with Crippen LogP contribution in [-0.4, -0.2) is 11.9 Å². The van der Waals surface area contributed by atoms with Gasteiger partial charge in [0.1, 0.15) is 0 Å². The molecule has 3 N–H and O–H groups in total. The first-order valence-electron chi connectivity index (χ1n) is 4.33. The van der Waals surface area contributed by atoms with Crippen LogP contribution in [0.15, 0.2) is 18.2 Å². The van der Waals surface area contributed by atoms with Crippen molar-refractivity contribution in [3.05, 3.63) is 28.8 Å². The molecule has 5 heteroatoms. The molecule has 0 aliphatic heterocycles. The molecule has 0 aliphatic carbocycles. The molecule has 1 aromatic rings. The van der Waals surface area contributed by atoms with E-state index in [1.165, 1.54) is 0 Å². The van der Waals surface area contributed by atoms with Gasteiger partial charge in [0.2, 0.25) is 5.91 Å². The number of carbonyl (C=O) groups is 1. The van der Waals surface area contributed by atoms with Crippen molar-refractivity contribution in [3.63, 3.8) is 0 Å². The van der Waals surface area contributed by atoms with Crippen LogP contribution in [0.2, 0.25) is 5.02 Å². The fourth-order valence-corrected chi connectivity index (χ4v) is 1.11. The fourth-order valence-electron chi connectivity index (χ4n) is 0.927. The number of anilines is 1. The minimum Gasteiger partial charge on any atom is -0.325 e. The van der Waals surface area contributed by atoms with Gasteiger partial charge in [-0.15, -0.1) is 12.4 Å². The number of rotatable bonds is 2. The average molecular weight is 249 g/mol. The Labute approximate surface area is 100 Å². The van der Waals surface area contributed by atoms with Gasteiger partial charge in [-0.3, -0.25) is 4.79 Å². The number of aryl methyl sites for hydroxylation is 1. The first-order chi connectivity index (χ1) is 6.50. The minimum atomic E-state index is -0.518. The molecule has 0 fully saturated rings. The van der Waals surface area contributed by atoms with Crippen molar-refractivity contribution in [1.82, 2.24) is 0 Å². The summed E-state index contributed by atoms with van der Waals surface area (Å²) in [7, 11) is 0. The third-order valence-corrected chi connectivity index (χ3v) is 2.26. The van der Waals surface area contributed by atoms with Crippen LogP contribution in [0.5, 0.6) is 0 Å². The summed E-state index contributed by atoms with van der Waals surface area (Å²) >= 11 is 5.89. The predicted octanol–water partition coefficient (Wildman–Crippen LogP) is 2.36. The van der Waals surface area contributed by atoms with Crippen LogP contribution in [0.1, 0.15) is 12.5 Å². The number of nitrogens with two attached hydrogens (primary N) is 1. The molecule has 1 amide bonds. The van der Waals surface area contributed by atoms with Gasteiger partial charge >= 0.3 is 0 Å². The Balaban J connectivity index is 0.00000196. The molecule has 0 saturated carbocycles. The highest BCUT2D eigenvalue weighted by molar-refractivity contribution is 6.31. The second-order valence-corrected chi connectivity index (χ2v) is 3.65. The van der Waals surface area contributed by atoms with Gasteiger partial charge in [-0.1, -0.05) is 17.7 Å². The monoisotopic (exact) mass is 248 g/mol. The number of amides is 1. The third kappa shape index (κ3) is 4.08. The van der Waals surface area contributed by atoms with Gasteiger partial charge in [-0.05, 0) is 31.5 Å². The van der Waals surface area contributed by atoms with Crippen molar-refractivity contribution < 1.29 is 4.79 Å². The van der Waals surface area contributed by atoms with Gasteiger partial charge in [0.05, 0.1) is 6.04 Å². The lowest BCUT2D eigenvalue weighted by atomic mass is 10.2. The van der Waals surface area contributed by atoms with Gasteiger partial charge in [-0.2, -0.15) is 0 Å². The van der Waals surface area contributed by atoms with E-state index in [1.54, 1.807) is 19.1 Å². The Morgan fingerprint density at radius 2 is 2.13 bits per heavy atom. The van der Waals surface area contributed by atoms with Gasteiger partial charge in [0.25, 0.3) is 0 Å². The Bertz CT molecular complexity index is 353. The molecule has 84 valence electrons. The maximum Gasteiger partial charge on any atom is 0.240 e. The van der Waals surface area contributed by atoms with Crippen molar-refractivity contribution in [3.8, 4) is 0 Å². The number of hydrogen-bond acceptors (Lipinski definition) is 2. The summed E-state index contributed by atoms with van der Waals surface area (Å²) in [5.41, 5.74) is 7.05. The summed E-state index contributed by atoms with van der Waals surface area (Å²) < 4.78 is 0. The van der Waals surface area contributed by atoms with E-state index >= 15 is 0 Å². The van der Waals surface area contributed by atoms with Crippen molar-refractivity contribution in [2.45, 2.75) is 19.9 Å². The number of benzene rings is 1. The maximum absolute atomic E-state index is 11.2. The highest BCUT2D eigenvalue weighted by atomic mass is 35.5. The van der Waals surface area contributed by atoms with E-state index in [2.05, 4.69) is 5.32 Å². The number of nitrogens with one attached hydrogen (secondary N) is 1. The minimum absolute atomic E-state index is 0. The highest BCUT2D eigenvalue weighted by Crippen LogP contribution is 2.19. The summed E-state index contributed by atoms with van der Waals surface area (Å²) in [6, 6.07) is 4.83. The summed E-state index contributed by atoms with van der Waals surface area (Å²) in [4.78, 5) is 11.2. The maximum atomic E-state index is 11.2. The van der Waals surface area contributed by atoms with Gasteiger partial charge in [0, 0.05) is 10.7 Å². The molecule has 0 heterocycles. The number of hydrogen-bond donors (Lipinski definition) is 2. The molecule has 0 bridgehead atoms. The van der Waals surface area contributed by atoms with Crippen LogP contribution in [0.25, 0.3) is 0 Å². The Morgan fingerprint density at radius 3 is 2.60 bits per heavy atom. The largest absolute Gasteiger partial charge is 0.325 e. The van der Waals surface area contributed by atoms with Crippen LogP contribution >= 0.6 is 24.0 Å². The van der Waals surface area contributed by atoms with E-state index in [4.69, 9.17) is 17.3 Å². The third-order valence-electron chi connectivity index (χ3n) is 1.85. The fraction of sp³-hybridized carbons (Fsp3) is 0.300. The van der Waals surface area contributed by atoms with E-state index in [0.29, 0.717) is 10.7 Å². The zero-order chi connectivity index (χ0) is 10.7. The molecule has 1 rings (SSSR count). The van der Waals surface area contributed by atoms with Gasteiger partial charge in [0.15, 0.2) is 0 Å². The van der Waals surface area contributed by atoms with E-state index < -0.39 is 6.04 Å². The van der Waals surface area contributed by atoms with Crippen molar-refractivity contribution in [2.75, 3.05) is 5.32 Å². The lowest BCUT2D eigenvalue weighted by Crippen LogP contribution is -2.32. The van der Waals surface area contributed by atoms with E-state index in [1.807, 2.05) is 13.0 Å². The molecule has 1 aromatic carbocycles. The molecule has 1 atom stereocenters. The Kier molecular flexibility index (Phi) is 5.65. The summed E-state index contributed by atoms with van der Waals surface area (Å²) in [6.45, 7) is 3.53. The molecule has 0 saturated heterocycles. The normalized spacial score (nSPS) is 11.5. The lowest BCUT2D eigenvalue weighted by molar-refractivity contribution is -0.117. The van der Waals surface area contributed by atoms with Crippen molar-refractivity contribution in [1.29, 1.82) is 0 Å². The first-order valence-corrected chi connectivity index (χ1v) is 4.71. The molecule has 0 aromatic heterocycles. The molecular weight excluding hydrogens is 235 g/mol. The number of halogens is 2. The quantitative estimate of drug-likeness (QED) is 0.845. The Hall–Kier alpha value is -0.770. The van der Waals surface area contributed by atoms with Crippen molar-refractivity contribution in [2.24, 2.45) is 5.73 Å². The van der Waals surface area contributed by atoms with Gasteiger partial charge < -0.3 is 11.1 Å². The molecule has 0 radical (unpaired) electrons. The summed E-state index contributed by atoms with van der Waals surface area (Å²) in [5, 5.41) is 3.29. The SMILES string of the molecule is Cc1ccc(NC(=O)[C@H](C)N)cc1Cl.Cl. The van der Waals surface area contributed by atoms with Gasteiger partial charge in [-0.25, -0.2) is 0 Å². The second kappa shape index (κ2) is 5.95. The molecular formula is C10H14Cl2N2O. The standard InChI is InChI=1S/C10H13ClN2O.ClH/c1-6-3-4-8(5-9(6)11)13-10(14)7(2)12;/h3-5,7H,12H2,1-2H3,(H,13,14);1H/t7-;/m0./s1. The van der Waals surface area contributed by atoms with Crippen LogP contribution in [0.3, 0.4) is 0 Å². The lowest BCUT2D eigenvalue weighted by Gasteiger charge is -2.08. The van der Waals surface area contributed by atoms with Crippen molar-refractivity contribution >= 4 is 35.6 Å². The van der Waals surface area contributed by atoms with Crippen LogP contribution in [0, 0.1) is 6.92 Å². The van der Waals surface area contributed by atoms with E-state index in [0.717, 1.165) is 5.56 Å². The summed E-state index contributed by atoms with van der Waals surface area (Å²) in [6.07, 6.45) is 0.